The fourth-order valence-corrected chi connectivity index (χ4v) is 19.0. The monoisotopic (exact) mass is 385 g/mol. The third-order valence-electron chi connectivity index (χ3n) is 4.41. The zero-order valence-corrected chi connectivity index (χ0v) is 16.4. The number of pyridine rings is 1. The van der Waals surface area contributed by atoms with Crippen molar-refractivity contribution in [1.82, 2.24) is 0 Å². The molecule has 0 fully saturated rings. The van der Waals surface area contributed by atoms with Crippen LogP contribution in [0.25, 0.3) is 0 Å². The second-order valence-electron chi connectivity index (χ2n) is 6.04. The predicted molar refractivity (Wildman–Crippen MR) is 89.9 cm³/mol. The van der Waals surface area contributed by atoms with Crippen LogP contribution < -0.4 is 8.31 Å². The van der Waals surface area contributed by atoms with E-state index in [1.165, 1.54) is 55.4 Å². The first-order valence-corrected chi connectivity index (χ1v) is 15.9. The van der Waals surface area contributed by atoms with Gasteiger partial charge < -0.3 is 0 Å². The van der Waals surface area contributed by atoms with Gasteiger partial charge in [-0.1, -0.05) is 0 Å². The molecule has 1 rings (SSSR count). The zero-order valence-electron chi connectivity index (χ0n) is 13.5. The summed E-state index contributed by atoms with van der Waals surface area (Å²) in [7, 11) is 0. The van der Waals surface area contributed by atoms with Gasteiger partial charge >= 0.3 is 129 Å². The van der Waals surface area contributed by atoms with E-state index >= 15 is 0 Å². The molecule has 0 saturated carbocycles. The van der Waals surface area contributed by atoms with Crippen LogP contribution in [0.4, 0.5) is 0 Å². The Kier molecular flexibility index (Phi) is 8.58. The molecule has 2 nitrogen and oxygen atoms in total. The summed E-state index contributed by atoms with van der Waals surface area (Å²) in [6.07, 6.45) is 11.4. The van der Waals surface area contributed by atoms with Crippen LogP contribution >= 0.6 is 0 Å². The molecule has 0 aliphatic carbocycles. The summed E-state index contributed by atoms with van der Waals surface area (Å²) >= 11 is -2.36. The molecule has 1 aromatic heterocycles. The molecule has 0 bridgehead atoms. The molecular weight excluding hydrogens is 353 g/mol. The molecule has 1 aromatic rings. The molecule has 114 valence electrons. The third-order valence-corrected chi connectivity index (χ3v) is 20.0. The van der Waals surface area contributed by atoms with Gasteiger partial charge in [-0.25, -0.2) is 0 Å². The Balaban J connectivity index is 3.04. The average molecular weight is 384 g/mol. The van der Waals surface area contributed by atoms with Crippen molar-refractivity contribution in [2.24, 2.45) is 0 Å². The second kappa shape index (κ2) is 9.64. The van der Waals surface area contributed by atoms with Gasteiger partial charge in [0.25, 0.3) is 0 Å². The van der Waals surface area contributed by atoms with Gasteiger partial charge in [-0.05, 0) is 0 Å². The Morgan fingerprint density at radius 1 is 0.950 bits per heavy atom. The van der Waals surface area contributed by atoms with Crippen LogP contribution in [0.2, 0.25) is 13.3 Å². The molecule has 0 aliphatic rings. The number of unbranched alkanes of at least 4 members (excludes halogenated alkanes) is 3. The maximum absolute atomic E-state index is 11.7. The number of rotatable bonds is 10. The molecule has 0 N–H and O–H groups in total. The van der Waals surface area contributed by atoms with Gasteiger partial charge in [-0.2, -0.15) is 0 Å². The van der Waals surface area contributed by atoms with Crippen molar-refractivity contribution in [1.29, 1.82) is 0 Å². The summed E-state index contributed by atoms with van der Waals surface area (Å²) in [6.45, 7) is 6.86. The molecule has 20 heavy (non-hydrogen) atoms. The molecule has 1 heterocycles. The van der Waals surface area contributed by atoms with Gasteiger partial charge in [0, 0.05) is 0 Å². The first-order valence-electron chi connectivity index (χ1n) is 8.37. The molecule has 0 spiro atoms. The van der Waals surface area contributed by atoms with Crippen LogP contribution in [0, 0.1) is 5.21 Å². The quantitative estimate of drug-likeness (QED) is 0.334. The van der Waals surface area contributed by atoms with E-state index < -0.39 is 18.4 Å². The van der Waals surface area contributed by atoms with Gasteiger partial charge in [-0.15, -0.1) is 0 Å². The molecular formula is C17H31NOSn. The van der Waals surface area contributed by atoms with E-state index in [-0.39, 0.29) is 0 Å². The first kappa shape index (κ1) is 17.8. The molecule has 0 aliphatic heterocycles. The normalized spacial score (nSPS) is 11.8. The third kappa shape index (κ3) is 5.27. The maximum atomic E-state index is 11.7. The fraction of sp³-hybridized carbons (Fsp3) is 0.706. The number of nitrogens with zero attached hydrogens (tertiary/aromatic N) is 1. The molecule has 0 saturated heterocycles. The topological polar surface area (TPSA) is 26.9 Å². The van der Waals surface area contributed by atoms with E-state index in [4.69, 9.17) is 0 Å². The number of aromatic nitrogens is 1. The van der Waals surface area contributed by atoms with E-state index in [0.29, 0.717) is 0 Å². The standard InChI is InChI=1S/C5H4NO.3C4H9.Sn/c7-6-4-2-1-3-5-6;3*1-3-4-2;/h1-2,4-5H;3*1,3-4H2,2H3;. The predicted octanol–water partition coefficient (Wildman–Crippen LogP) is 4.38. The van der Waals surface area contributed by atoms with Gasteiger partial charge in [-0.3, -0.25) is 0 Å². The van der Waals surface area contributed by atoms with E-state index in [1.54, 1.807) is 6.20 Å². The van der Waals surface area contributed by atoms with Crippen molar-refractivity contribution < 1.29 is 4.73 Å². The Labute approximate surface area is 129 Å². The van der Waals surface area contributed by atoms with Crippen LogP contribution in [0.1, 0.15) is 59.3 Å². The first-order chi connectivity index (χ1) is 9.68. The molecule has 0 radical (unpaired) electrons. The second-order valence-corrected chi connectivity index (χ2v) is 19.3. The average Bonchev–Trinajstić information content (AvgIpc) is 2.47. The minimum absolute atomic E-state index is 1.02. The van der Waals surface area contributed by atoms with Crippen molar-refractivity contribution in [3.05, 3.63) is 29.7 Å². The van der Waals surface area contributed by atoms with Crippen molar-refractivity contribution in [2.75, 3.05) is 0 Å². The summed E-state index contributed by atoms with van der Waals surface area (Å²) < 4.78 is 6.76. The molecule has 0 unspecified atom stereocenters. The Bertz CT molecular complexity index is 359. The van der Waals surface area contributed by atoms with Crippen LogP contribution in [0.3, 0.4) is 0 Å². The van der Waals surface area contributed by atoms with Gasteiger partial charge in [0.05, 0.1) is 0 Å². The molecule has 0 amide bonds. The van der Waals surface area contributed by atoms with Crippen LogP contribution in [-0.4, -0.2) is 18.4 Å². The molecule has 0 atom stereocenters. The number of hydrogen-bond donors (Lipinski definition) is 0. The zero-order chi connectivity index (χ0) is 14.8. The summed E-state index contributed by atoms with van der Waals surface area (Å²) in [5, 5.41) is 11.7. The summed E-state index contributed by atoms with van der Waals surface area (Å²) in [5.41, 5.74) is 0. The Hall–Kier alpha value is -0.251. The van der Waals surface area contributed by atoms with E-state index in [2.05, 4.69) is 26.8 Å². The van der Waals surface area contributed by atoms with Crippen LogP contribution in [0.15, 0.2) is 24.5 Å². The number of hydrogen-bond acceptors (Lipinski definition) is 1. The Morgan fingerprint density at radius 3 is 1.85 bits per heavy atom. The SMILES string of the molecule is CCC[CH2][Sn]([CH2]CCC)([CH2]CCC)[c]1ccc[n+]([O-])c1. The van der Waals surface area contributed by atoms with Crippen molar-refractivity contribution in [2.45, 2.75) is 72.6 Å². The Morgan fingerprint density at radius 2 is 1.45 bits per heavy atom. The van der Waals surface area contributed by atoms with Crippen LogP contribution in [-0.2, 0) is 0 Å². The van der Waals surface area contributed by atoms with Crippen molar-refractivity contribution >= 4 is 22.0 Å². The van der Waals surface area contributed by atoms with Crippen LogP contribution in [0.5, 0.6) is 0 Å². The van der Waals surface area contributed by atoms with E-state index in [0.717, 1.165) is 4.73 Å². The summed E-state index contributed by atoms with van der Waals surface area (Å²) in [6, 6.07) is 4.21. The molecule has 0 aromatic carbocycles. The van der Waals surface area contributed by atoms with Gasteiger partial charge in [0.1, 0.15) is 0 Å². The van der Waals surface area contributed by atoms with E-state index in [9.17, 15) is 5.21 Å². The van der Waals surface area contributed by atoms with E-state index in [1.807, 2.05) is 12.3 Å². The summed E-state index contributed by atoms with van der Waals surface area (Å²) in [4.78, 5) is 0. The van der Waals surface area contributed by atoms with Crippen molar-refractivity contribution in [3.63, 3.8) is 0 Å². The fourth-order valence-electron chi connectivity index (χ4n) is 3.12. The summed E-state index contributed by atoms with van der Waals surface area (Å²) in [5.74, 6) is 0. The van der Waals surface area contributed by atoms with Gasteiger partial charge in [0.15, 0.2) is 0 Å². The minimum atomic E-state index is -2.36. The van der Waals surface area contributed by atoms with Gasteiger partial charge in [0.2, 0.25) is 0 Å². The van der Waals surface area contributed by atoms with Crippen molar-refractivity contribution in [3.8, 4) is 0 Å². The molecule has 3 heteroatoms.